The number of aromatic nitrogens is 3. The number of fused-ring (bicyclic) bond motifs is 1. The van der Waals surface area contributed by atoms with Gasteiger partial charge in [-0.2, -0.15) is 0 Å². The second-order valence-electron chi connectivity index (χ2n) is 7.49. The molecule has 26 heavy (non-hydrogen) atoms. The molecule has 0 bridgehead atoms. The molecule has 0 aliphatic rings. The van der Waals surface area contributed by atoms with Crippen LogP contribution in [0.15, 0.2) is 42.6 Å². The third kappa shape index (κ3) is 4.67. The molecular weight excluding hydrogens is 318 g/mol. The fourth-order valence-electron chi connectivity index (χ4n) is 2.86. The molecule has 3 aromatic rings. The molecule has 0 unspecified atom stereocenters. The largest absolute Gasteiger partial charge is 0.256 e. The van der Waals surface area contributed by atoms with Gasteiger partial charge in [0.15, 0.2) is 0 Å². The van der Waals surface area contributed by atoms with Crippen LogP contribution < -0.4 is 0 Å². The maximum atomic E-state index is 4.78. The van der Waals surface area contributed by atoms with Crippen LogP contribution in [0.2, 0.25) is 0 Å². The monoisotopic (exact) mass is 343 g/mol. The highest BCUT2D eigenvalue weighted by Gasteiger charge is 2.09. The summed E-state index contributed by atoms with van der Waals surface area (Å²) in [6.07, 6.45) is 3.69. The molecule has 2 aromatic heterocycles. The molecule has 0 aliphatic carbocycles. The first-order valence-electron chi connectivity index (χ1n) is 9.24. The van der Waals surface area contributed by atoms with E-state index in [0.717, 1.165) is 46.5 Å². The van der Waals surface area contributed by atoms with E-state index in [9.17, 15) is 0 Å². The molecule has 3 rings (SSSR count). The number of rotatable bonds is 4. The van der Waals surface area contributed by atoms with Crippen LogP contribution in [0.3, 0.4) is 0 Å². The van der Waals surface area contributed by atoms with Gasteiger partial charge in [-0.05, 0) is 48.7 Å². The van der Waals surface area contributed by atoms with Crippen molar-refractivity contribution in [3.63, 3.8) is 0 Å². The summed E-state index contributed by atoms with van der Waals surface area (Å²) in [5.41, 5.74) is 4.48. The lowest BCUT2D eigenvalue weighted by molar-refractivity contribution is 0.615. The van der Waals surface area contributed by atoms with Crippen molar-refractivity contribution < 1.29 is 0 Å². The van der Waals surface area contributed by atoms with Gasteiger partial charge in [0.1, 0.15) is 11.4 Å². The lowest BCUT2D eigenvalue weighted by Crippen LogP contribution is -2.07. The Kier molecular flexibility index (Phi) is 5.63. The topological polar surface area (TPSA) is 38.7 Å². The van der Waals surface area contributed by atoms with Crippen molar-refractivity contribution in [3.05, 3.63) is 65.4 Å². The number of nitrogens with zero attached hydrogens (tertiary/aromatic N) is 3. The first-order valence-corrected chi connectivity index (χ1v) is 9.24. The lowest BCUT2D eigenvalue weighted by Gasteiger charge is -2.09. The minimum absolute atomic E-state index is 0.514. The molecule has 2 heterocycles. The van der Waals surface area contributed by atoms with Crippen molar-refractivity contribution in [2.24, 2.45) is 11.8 Å². The summed E-state index contributed by atoms with van der Waals surface area (Å²) in [4.78, 5) is 14.1. The first kappa shape index (κ1) is 18.1. The minimum Gasteiger partial charge on any atom is -0.256 e. The Labute approximate surface area is 155 Å². The van der Waals surface area contributed by atoms with Gasteiger partial charge in [0.25, 0.3) is 0 Å². The van der Waals surface area contributed by atoms with Crippen molar-refractivity contribution in [2.75, 3.05) is 0 Å². The average molecular weight is 343 g/mol. The van der Waals surface area contributed by atoms with Crippen molar-refractivity contribution >= 4 is 10.9 Å². The van der Waals surface area contributed by atoms with Crippen LogP contribution >= 0.6 is 0 Å². The average Bonchev–Trinajstić information content (AvgIpc) is 2.60. The van der Waals surface area contributed by atoms with Gasteiger partial charge in [-0.1, -0.05) is 52.0 Å². The van der Waals surface area contributed by atoms with Crippen LogP contribution in [0.5, 0.6) is 0 Å². The predicted molar refractivity (Wildman–Crippen MR) is 107 cm³/mol. The lowest BCUT2D eigenvalue weighted by atomic mass is 10.0. The molecular formula is C23H25N3. The molecule has 0 amide bonds. The normalized spacial score (nSPS) is 11.0. The smallest absolute Gasteiger partial charge is 0.135 e. The van der Waals surface area contributed by atoms with Crippen molar-refractivity contribution in [3.8, 4) is 11.8 Å². The van der Waals surface area contributed by atoms with Crippen LogP contribution in [0, 0.1) is 23.7 Å². The molecule has 3 nitrogen and oxygen atoms in total. The number of para-hydroxylation sites is 1. The molecule has 0 N–H and O–H groups in total. The molecule has 3 heteroatoms. The Morgan fingerprint density at radius 2 is 1.62 bits per heavy atom. The van der Waals surface area contributed by atoms with Crippen LogP contribution in [0.25, 0.3) is 10.9 Å². The van der Waals surface area contributed by atoms with Crippen LogP contribution in [0.4, 0.5) is 0 Å². The standard InChI is InChI=1S/C23H25N3/c1-16(2)13-20-15-24-23(14-17(3)4)22(26-20)12-11-19-10-9-18-7-5-6-8-21(18)25-19/h5-10,15-17H,13-14H2,1-4H3. The van der Waals surface area contributed by atoms with E-state index < -0.39 is 0 Å². The van der Waals surface area contributed by atoms with E-state index >= 15 is 0 Å². The first-order chi connectivity index (χ1) is 12.5. The van der Waals surface area contributed by atoms with Crippen LogP contribution in [-0.2, 0) is 12.8 Å². The van der Waals surface area contributed by atoms with Gasteiger partial charge in [0.2, 0.25) is 0 Å². The summed E-state index contributed by atoms with van der Waals surface area (Å²) < 4.78 is 0. The highest BCUT2D eigenvalue weighted by molar-refractivity contribution is 5.78. The van der Waals surface area contributed by atoms with E-state index in [1.807, 2.05) is 30.5 Å². The van der Waals surface area contributed by atoms with Crippen LogP contribution in [-0.4, -0.2) is 15.0 Å². The summed E-state index contributed by atoms with van der Waals surface area (Å²) in [5.74, 6) is 7.47. The SMILES string of the molecule is CC(C)Cc1cnc(CC(C)C)c(C#Cc2ccc3ccccc3n2)n1. The highest BCUT2D eigenvalue weighted by atomic mass is 14.8. The molecule has 0 aliphatic heterocycles. The van der Waals surface area contributed by atoms with E-state index in [0.29, 0.717) is 11.8 Å². The van der Waals surface area contributed by atoms with Crippen molar-refractivity contribution in [1.29, 1.82) is 0 Å². The number of pyridine rings is 1. The second-order valence-corrected chi connectivity index (χ2v) is 7.49. The molecule has 0 fully saturated rings. The molecule has 132 valence electrons. The van der Waals surface area contributed by atoms with E-state index in [1.54, 1.807) is 0 Å². The Morgan fingerprint density at radius 1 is 0.846 bits per heavy atom. The minimum atomic E-state index is 0.514. The summed E-state index contributed by atoms with van der Waals surface area (Å²) in [6, 6.07) is 12.1. The summed E-state index contributed by atoms with van der Waals surface area (Å²) in [5, 5.41) is 1.12. The van der Waals surface area contributed by atoms with Gasteiger partial charge in [0.05, 0.1) is 16.9 Å². The van der Waals surface area contributed by atoms with Gasteiger partial charge >= 0.3 is 0 Å². The Hall–Kier alpha value is -2.73. The zero-order chi connectivity index (χ0) is 18.5. The second kappa shape index (κ2) is 8.10. The zero-order valence-corrected chi connectivity index (χ0v) is 16.0. The summed E-state index contributed by atoms with van der Waals surface area (Å²) in [6.45, 7) is 8.75. The van der Waals surface area contributed by atoms with E-state index in [2.05, 4.69) is 61.6 Å². The van der Waals surface area contributed by atoms with Gasteiger partial charge < -0.3 is 0 Å². The summed E-state index contributed by atoms with van der Waals surface area (Å²) in [7, 11) is 0. The molecule has 0 atom stereocenters. The maximum absolute atomic E-state index is 4.78. The Balaban J connectivity index is 1.97. The fourth-order valence-corrected chi connectivity index (χ4v) is 2.86. The molecule has 1 aromatic carbocycles. The third-order valence-corrected chi connectivity index (χ3v) is 4.02. The predicted octanol–water partition coefficient (Wildman–Crippen LogP) is 4.82. The number of hydrogen-bond donors (Lipinski definition) is 0. The van der Waals surface area contributed by atoms with Gasteiger partial charge in [-0.3, -0.25) is 4.98 Å². The fraction of sp³-hybridized carbons (Fsp3) is 0.348. The van der Waals surface area contributed by atoms with Crippen molar-refractivity contribution in [1.82, 2.24) is 15.0 Å². The quantitative estimate of drug-likeness (QED) is 0.637. The van der Waals surface area contributed by atoms with E-state index in [-0.39, 0.29) is 0 Å². The molecule has 0 saturated carbocycles. The van der Waals surface area contributed by atoms with Gasteiger partial charge in [-0.25, -0.2) is 9.97 Å². The van der Waals surface area contributed by atoms with Crippen LogP contribution in [0.1, 0.15) is 50.5 Å². The van der Waals surface area contributed by atoms with E-state index in [1.165, 1.54) is 0 Å². The zero-order valence-electron chi connectivity index (χ0n) is 16.0. The molecule has 0 saturated heterocycles. The molecule has 0 spiro atoms. The highest BCUT2D eigenvalue weighted by Crippen LogP contribution is 2.13. The maximum Gasteiger partial charge on any atom is 0.135 e. The Morgan fingerprint density at radius 3 is 2.38 bits per heavy atom. The summed E-state index contributed by atoms with van der Waals surface area (Å²) >= 11 is 0. The van der Waals surface area contributed by atoms with Gasteiger partial charge in [0, 0.05) is 11.6 Å². The van der Waals surface area contributed by atoms with Gasteiger partial charge in [-0.15, -0.1) is 0 Å². The number of hydrogen-bond acceptors (Lipinski definition) is 3. The third-order valence-electron chi connectivity index (χ3n) is 4.02. The molecule has 0 radical (unpaired) electrons. The number of benzene rings is 1. The van der Waals surface area contributed by atoms with E-state index in [4.69, 9.17) is 4.98 Å². The van der Waals surface area contributed by atoms with Crippen molar-refractivity contribution in [2.45, 2.75) is 40.5 Å². The Bertz CT molecular complexity index is 962.